The van der Waals surface area contributed by atoms with Gasteiger partial charge in [0, 0.05) is 17.3 Å². The van der Waals surface area contributed by atoms with E-state index in [0.717, 1.165) is 63.3 Å². The number of ether oxygens (including phenoxy) is 1. The maximum Gasteiger partial charge on any atom is 0.316 e. The zero-order chi connectivity index (χ0) is 26.8. The number of benzene rings is 3. The minimum Gasteiger partial charge on any atom is -0.465 e. The van der Waals surface area contributed by atoms with E-state index in [1.807, 2.05) is 68.6 Å². The maximum atomic E-state index is 12.6. The van der Waals surface area contributed by atoms with Gasteiger partial charge in [-0.3, -0.25) is 9.78 Å². The van der Waals surface area contributed by atoms with Gasteiger partial charge in [-0.25, -0.2) is 0 Å². The molecular formula is C33H29N3O3. The summed E-state index contributed by atoms with van der Waals surface area (Å²) >= 11 is 0. The van der Waals surface area contributed by atoms with Crippen LogP contribution in [-0.2, 0) is 14.9 Å². The molecule has 0 saturated heterocycles. The van der Waals surface area contributed by atoms with Crippen LogP contribution in [-0.4, -0.2) is 22.7 Å². The van der Waals surface area contributed by atoms with Crippen LogP contribution in [0, 0.1) is 6.92 Å². The largest absolute Gasteiger partial charge is 0.465 e. The Labute approximate surface area is 227 Å². The zero-order valence-electron chi connectivity index (χ0n) is 22.0. The van der Waals surface area contributed by atoms with Crippen LogP contribution in [0.1, 0.15) is 31.0 Å². The van der Waals surface area contributed by atoms with Gasteiger partial charge in [0.25, 0.3) is 0 Å². The average Bonchev–Trinajstić information content (AvgIpc) is 3.73. The van der Waals surface area contributed by atoms with E-state index in [-0.39, 0.29) is 5.97 Å². The molecule has 39 heavy (non-hydrogen) atoms. The second-order valence-corrected chi connectivity index (χ2v) is 9.85. The molecule has 0 radical (unpaired) electrons. The van der Waals surface area contributed by atoms with Crippen LogP contribution in [0.4, 0.5) is 11.4 Å². The second-order valence-electron chi connectivity index (χ2n) is 9.85. The van der Waals surface area contributed by atoms with E-state index < -0.39 is 5.41 Å². The fourth-order valence-electron chi connectivity index (χ4n) is 5.05. The number of anilines is 2. The summed E-state index contributed by atoms with van der Waals surface area (Å²) in [5, 5.41) is 7.79. The van der Waals surface area contributed by atoms with Gasteiger partial charge in [-0.05, 0) is 55.0 Å². The Kier molecular flexibility index (Phi) is 6.45. The smallest absolute Gasteiger partial charge is 0.316 e. The Morgan fingerprint density at radius 2 is 1.62 bits per heavy atom. The number of aryl methyl sites for hydroxylation is 1. The number of carbonyl (C=O) groups excluding carboxylic acids is 1. The van der Waals surface area contributed by atoms with Crippen LogP contribution in [0.5, 0.6) is 0 Å². The third kappa shape index (κ3) is 4.70. The fraction of sp³-hybridized carbons (Fsp3) is 0.182. The molecule has 6 nitrogen and oxygen atoms in total. The predicted octanol–water partition coefficient (Wildman–Crippen LogP) is 7.72. The number of hydrogen-bond donors (Lipinski definition) is 1. The monoisotopic (exact) mass is 515 g/mol. The van der Waals surface area contributed by atoms with Crippen molar-refractivity contribution < 1.29 is 14.1 Å². The number of rotatable bonds is 8. The summed E-state index contributed by atoms with van der Waals surface area (Å²) in [6.07, 6.45) is 5.31. The van der Waals surface area contributed by atoms with Crippen LogP contribution >= 0.6 is 0 Å². The number of pyridine rings is 1. The van der Waals surface area contributed by atoms with Gasteiger partial charge in [-0.2, -0.15) is 0 Å². The van der Waals surface area contributed by atoms with Gasteiger partial charge in [-0.1, -0.05) is 84.0 Å². The Balaban J connectivity index is 1.32. The van der Waals surface area contributed by atoms with Crippen LogP contribution in [0.2, 0.25) is 0 Å². The fourth-order valence-corrected chi connectivity index (χ4v) is 5.05. The first kappa shape index (κ1) is 24.6. The summed E-state index contributed by atoms with van der Waals surface area (Å²) in [5.74, 6) is 0.527. The number of esters is 1. The van der Waals surface area contributed by atoms with Crippen molar-refractivity contribution in [3.05, 3.63) is 109 Å². The Bertz CT molecular complexity index is 1620. The molecule has 6 heteroatoms. The van der Waals surface area contributed by atoms with Crippen LogP contribution in [0.3, 0.4) is 0 Å². The lowest BCUT2D eigenvalue weighted by Crippen LogP contribution is -2.23. The van der Waals surface area contributed by atoms with Gasteiger partial charge in [-0.15, -0.1) is 0 Å². The van der Waals surface area contributed by atoms with Crippen molar-refractivity contribution in [1.29, 1.82) is 0 Å². The highest BCUT2D eigenvalue weighted by atomic mass is 16.5. The molecule has 6 rings (SSSR count). The Morgan fingerprint density at radius 1 is 0.897 bits per heavy atom. The minimum absolute atomic E-state index is 0.128. The molecule has 0 amide bonds. The summed E-state index contributed by atoms with van der Waals surface area (Å²) < 4.78 is 11.2. The van der Waals surface area contributed by atoms with Crippen LogP contribution < -0.4 is 5.32 Å². The number of aromatic nitrogens is 2. The molecule has 2 aromatic heterocycles. The molecule has 1 saturated carbocycles. The van der Waals surface area contributed by atoms with E-state index in [1.54, 1.807) is 6.20 Å². The van der Waals surface area contributed by atoms with Gasteiger partial charge in [0.2, 0.25) is 0 Å². The molecule has 0 aliphatic heterocycles. The molecule has 3 aromatic carbocycles. The molecule has 1 aliphatic carbocycles. The minimum atomic E-state index is -0.491. The molecule has 1 fully saturated rings. The third-order valence-corrected chi connectivity index (χ3v) is 7.31. The van der Waals surface area contributed by atoms with Crippen molar-refractivity contribution in [3.63, 3.8) is 0 Å². The standard InChI is InChI=1S/C33H29N3O3/c1-3-38-32(37)33(17-18-33)26-15-13-24(14-16-26)28-11-7-8-12-29(28)31-30(22(2)36-39-31)35-27-19-25(20-34-21-27)23-9-5-4-6-10-23/h4-16,19-21,35H,3,17-18H2,1-2H3. The lowest BCUT2D eigenvalue weighted by Gasteiger charge is -2.15. The first-order valence-corrected chi connectivity index (χ1v) is 13.2. The molecule has 5 aromatic rings. The van der Waals surface area contributed by atoms with Gasteiger partial charge < -0.3 is 14.6 Å². The molecule has 1 aliphatic rings. The Hall–Kier alpha value is -4.71. The maximum absolute atomic E-state index is 12.6. The normalized spacial score (nSPS) is 13.6. The van der Waals surface area contributed by atoms with E-state index in [2.05, 4.69) is 51.9 Å². The van der Waals surface area contributed by atoms with Crippen LogP contribution in [0.15, 0.2) is 102 Å². The SMILES string of the molecule is CCOC(=O)C1(c2ccc(-c3ccccc3-c3onc(C)c3Nc3cncc(-c4ccccc4)c3)cc2)CC1. The van der Waals surface area contributed by atoms with Gasteiger partial charge >= 0.3 is 5.97 Å². The first-order chi connectivity index (χ1) is 19.1. The third-order valence-electron chi connectivity index (χ3n) is 7.31. The van der Waals surface area contributed by atoms with Gasteiger partial charge in [0.15, 0.2) is 5.76 Å². The van der Waals surface area contributed by atoms with Crippen molar-refractivity contribution in [3.8, 4) is 33.6 Å². The number of nitrogens with zero attached hydrogens (tertiary/aromatic N) is 2. The summed E-state index contributed by atoms with van der Waals surface area (Å²) in [4.78, 5) is 17.0. The van der Waals surface area contributed by atoms with Crippen molar-refractivity contribution in [2.75, 3.05) is 11.9 Å². The predicted molar refractivity (Wildman–Crippen MR) is 153 cm³/mol. The van der Waals surface area contributed by atoms with E-state index in [0.29, 0.717) is 12.4 Å². The molecule has 1 N–H and O–H groups in total. The highest BCUT2D eigenvalue weighted by molar-refractivity contribution is 5.90. The van der Waals surface area contributed by atoms with Crippen molar-refractivity contribution >= 4 is 17.3 Å². The summed E-state index contributed by atoms with van der Waals surface area (Å²) in [6.45, 7) is 4.16. The average molecular weight is 516 g/mol. The molecule has 0 unspecified atom stereocenters. The first-order valence-electron chi connectivity index (χ1n) is 13.2. The topological polar surface area (TPSA) is 77.2 Å². The second kappa shape index (κ2) is 10.2. The Morgan fingerprint density at radius 3 is 2.33 bits per heavy atom. The van der Waals surface area contributed by atoms with E-state index in [1.165, 1.54) is 0 Å². The molecule has 0 atom stereocenters. The van der Waals surface area contributed by atoms with Crippen molar-refractivity contribution in [1.82, 2.24) is 10.1 Å². The van der Waals surface area contributed by atoms with Gasteiger partial charge in [0.05, 0.1) is 23.9 Å². The molecule has 2 heterocycles. The van der Waals surface area contributed by atoms with Crippen LogP contribution in [0.25, 0.3) is 33.6 Å². The number of nitrogens with one attached hydrogen (secondary N) is 1. The molecular weight excluding hydrogens is 486 g/mol. The molecule has 0 spiro atoms. The quantitative estimate of drug-likeness (QED) is 0.213. The zero-order valence-corrected chi connectivity index (χ0v) is 22.0. The van der Waals surface area contributed by atoms with Gasteiger partial charge in [0.1, 0.15) is 11.4 Å². The van der Waals surface area contributed by atoms with Crippen molar-refractivity contribution in [2.45, 2.75) is 32.1 Å². The lowest BCUT2D eigenvalue weighted by atomic mass is 9.92. The molecule has 0 bridgehead atoms. The van der Waals surface area contributed by atoms with E-state index in [9.17, 15) is 4.79 Å². The number of hydrogen-bond acceptors (Lipinski definition) is 6. The summed E-state index contributed by atoms with van der Waals surface area (Å²) in [5.41, 5.74) is 8.00. The molecule has 194 valence electrons. The highest BCUT2D eigenvalue weighted by Crippen LogP contribution is 2.49. The van der Waals surface area contributed by atoms with Crippen molar-refractivity contribution in [2.24, 2.45) is 0 Å². The summed E-state index contributed by atoms with van der Waals surface area (Å²) in [7, 11) is 0. The summed E-state index contributed by atoms with van der Waals surface area (Å²) in [6, 6.07) is 28.6. The van der Waals surface area contributed by atoms with E-state index >= 15 is 0 Å². The van der Waals surface area contributed by atoms with E-state index in [4.69, 9.17) is 9.26 Å². The number of carbonyl (C=O) groups is 1. The lowest BCUT2D eigenvalue weighted by molar-refractivity contribution is -0.146. The highest BCUT2D eigenvalue weighted by Gasteiger charge is 2.52.